The Labute approximate surface area is 123 Å². The van der Waals surface area contributed by atoms with Gasteiger partial charge in [0.05, 0.1) is 12.3 Å². The van der Waals surface area contributed by atoms with Gasteiger partial charge < -0.3 is 10.4 Å². The fourth-order valence-electron chi connectivity index (χ4n) is 2.73. The molecule has 1 aliphatic rings. The molecule has 1 aromatic rings. The summed E-state index contributed by atoms with van der Waals surface area (Å²) >= 11 is 6.00. The van der Waals surface area contributed by atoms with E-state index in [1.165, 1.54) is 0 Å². The van der Waals surface area contributed by atoms with Gasteiger partial charge in [0, 0.05) is 11.6 Å². The van der Waals surface area contributed by atoms with Crippen LogP contribution in [0.1, 0.15) is 24.8 Å². The van der Waals surface area contributed by atoms with Crippen LogP contribution in [0.25, 0.3) is 0 Å². The van der Waals surface area contributed by atoms with Gasteiger partial charge in [-0.1, -0.05) is 36.2 Å². The van der Waals surface area contributed by atoms with Crippen LogP contribution < -0.4 is 5.32 Å². The van der Waals surface area contributed by atoms with Crippen LogP contribution >= 0.6 is 11.6 Å². The first kappa shape index (κ1) is 14.9. The molecule has 2 N–H and O–H groups in total. The van der Waals surface area contributed by atoms with Gasteiger partial charge >= 0.3 is 5.97 Å². The molecular weight excluding hydrogens is 278 g/mol. The van der Waals surface area contributed by atoms with Crippen LogP contribution in [-0.2, 0) is 16.0 Å². The van der Waals surface area contributed by atoms with Crippen LogP contribution in [0.15, 0.2) is 24.3 Å². The third kappa shape index (κ3) is 3.73. The van der Waals surface area contributed by atoms with E-state index in [0.717, 1.165) is 18.4 Å². The van der Waals surface area contributed by atoms with Crippen molar-refractivity contribution in [3.05, 3.63) is 34.9 Å². The first-order valence-electron chi connectivity index (χ1n) is 6.81. The normalized spacial score (nSPS) is 21.6. The third-order valence-electron chi connectivity index (χ3n) is 3.85. The van der Waals surface area contributed by atoms with Gasteiger partial charge in [-0.2, -0.15) is 0 Å². The Kier molecular flexibility index (Phi) is 5.01. The molecule has 2 atom stereocenters. The van der Waals surface area contributed by atoms with E-state index in [-0.39, 0.29) is 24.2 Å². The number of aliphatic carboxylic acids is 1. The topological polar surface area (TPSA) is 66.4 Å². The molecule has 5 heteroatoms. The first-order valence-corrected chi connectivity index (χ1v) is 7.18. The summed E-state index contributed by atoms with van der Waals surface area (Å²) in [6.07, 6.45) is 2.72. The van der Waals surface area contributed by atoms with Gasteiger partial charge in [0.25, 0.3) is 0 Å². The fourth-order valence-corrected chi connectivity index (χ4v) is 2.93. The number of carbonyl (C=O) groups excluding carboxylic acids is 1. The molecule has 0 aliphatic heterocycles. The summed E-state index contributed by atoms with van der Waals surface area (Å²) in [4.78, 5) is 22.9. The number of halogens is 1. The first-order chi connectivity index (χ1) is 9.58. The Balaban J connectivity index is 1.84. The lowest BCUT2D eigenvalue weighted by Crippen LogP contribution is -2.33. The van der Waals surface area contributed by atoms with Gasteiger partial charge in [-0.05, 0) is 30.4 Å². The third-order valence-corrected chi connectivity index (χ3v) is 4.22. The standard InChI is InChI=1S/C15H18ClNO3/c16-13-7-2-1-4-10(13)8-14(18)17-9-11-5-3-6-12(11)15(19)20/h1-2,4,7,11-12H,3,5-6,8-9H2,(H,17,18)(H,19,20). The number of amides is 1. The molecule has 1 amide bonds. The summed E-state index contributed by atoms with van der Waals surface area (Å²) < 4.78 is 0. The fraction of sp³-hybridized carbons (Fsp3) is 0.467. The second-order valence-corrected chi connectivity index (χ2v) is 5.62. The van der Waals surface area contributed by atoms with Crippen molar-refractivity contribution in [3.8, 4) is 0 Å². The number of nitrogens with one attached hydrogen (secondary N) is 1. The van der Waals surface area contributed by atoms with Gasteiger partial charge in [0.2, 0.25) is 5.91 Å². The van der Waals surface area contributed by atoms with E-state index in [4.69, 9.17) is 16.7 Å². The maximum atomic E-state index is 11.9. The molecule has 0 bridgehead atoms. The van der Waals surface area contributed by atoms with Crippen LogP contribution in [0.4, 0.5) is 0 Å². The van der Waals surface area contributed by atoms with Crippen molar-refractivity contribution in [3.63, 3.8) is 0 Å². The second-order valence-electron chi connectivity index (χ2n) is 5.21. The monoisotopic (exact) mass is 295 g/mol. The van der Waals surface area contributed by atoms with Crippen molar-refractivity contribution in [1.82, 2.24) is 5.32 Å². The molecule has 0 aromatic heterocycles. The van der Waals surface area contributed by atoms with Crippen LogP contribution in [0.2, 0.25) is 5.02 Å². The number of carboxylic acids is 1. The predicted octanol–water partition coefficient (Wildman–Crippen LogP) is 2.50. The molecule has 20 heavy (non-hydrogen) atoms. The summed E-state index contributed by atoms with van der Waals surface area (Å²) in [5.74, 6) is -1.15. The Bertz CT molecular complexity index is 504. The maximum Gasteiger partial charge on any atom is 0.306 e. The molecule has 2 unspecified atom stereocenters. The number of carboxylic acid groups (broad SMARTS) is 1. The summed E-state index contributed by atoms with van der Waals surface area (Å²) in [5.41, 5.74) is 0.785. The molecule has 2 rings (SSSR count). The highest BCUT2D eigenvalue weighted by Crippen LogP contribution is 2.31. The highest BCUT2D eigenvalue weighted by Gasteiger charge is 2.32. The summed E-state index contributed by atoms with van der Waals surface area (Å²) in [6.45, 7) is 0.431. The second kappa shape index (κ2) is 6.75. The van der Waals surface area contributed by atoms with E-state index in [2.05, 4.69) is 5.32 Å². The van der Waals surface area contributed by atoms with Crippen molar-refractivity contribution < 1.29 is 14.7 Å². The van der Waals surface area contributed by atoms with Gasteiger partial charge in [0.15, 0.2) is 0 Å². The minimum atomic E-state index is -0.757. The Hall–Kier alpha value is -1.55. The SMILES string of the molecule is O=C(Cc1ccccc1Cl)NCC1CCCC1C(=O)O. The largest absolute Gasteiger partial charge is 0.481 e. The highest BCUT2D eigenvalue weighted by atomic mass is 35.5. The van der Waals surface area contributed by atoms with E-state index >= 15 is 0 Å². The van der Waals surface area contributed by atoms with E-state index in [0.29, 0.717) is 18.0 Å². The minimum absolute atomic E-state index is 0.0442. The minimum Gasteiger partial charge on any atom is -0.481 e. The summed E-state index contributed by atoms with van der Waals surface area (Å²) in [7, 11) is 0. The molecule has 1 saturated carbocycles. The van der Waals surface area contributed by atoms with Crippen molar-refractivity contribution >= 4 is 23.5 Å². The van der Waals surface area contributed by atoms with E-state index in [1.807, 2.05) is 18.2 Å². The van der Waals surface area contributed by atoms with Gasteiger partial charge in [0.1, 0.15) is 0 Å². The maximum absolute atomic E-state index is 11.9. The van der Waals surface area contributed by atoms with Gasteiger partial charge in [-0.25, -0.2) is 0 Å². The smallest absolute Gasteiger partial charge is 0.306 e. The molecule has 0 heterocycles. The van der Waals surface area contributed by atoms with Crippen LogP contribution in [-0.4, -0.2) is 23.5 Å². The number of benzene rings is 1. The zero-order valence-corrected chi connectivity index (χ0v) is 11.9. The summed E-state index contributed by atoms with van der Waals surface area (Å²) in [5, 5.41) is 12.5. The molecule has 4 nitrogen and oxygen atoms in total. The highest BCUT2D eigenvalue weighted by molar-refractivity contribution is 6.31. The van der Waals surface area contributed by atoms with Crippen molar-refractivity contribution in [2.24, 2.45) is 11.8 Å². The van der Waals surface area contributed by atoms with E-state index < -0.39 is 5.97 Å². The molecule has 1 aliphatic carbocycles. The molecule has 108 valence electrons. The molecule has 0 saturated heterocycles. The lowest BCUT2D eigenvalue weighted by molar-refractivity contribution is -0.143. The quantitative estimate of drug-likeness (QED) is 0.877. The molecule has 1 fully saturated rings. The number of carbonyl (C=O) groups is 2. The average Bonchev–Trinajstić information content (AvgIpc) is 2.88. The Morgan fingerprint density at radius 2 is 2.05 bits per heavy atom. The van der Waals surface area contributed by atoms with Crippen LogP contribution in [0.3, 0.4) is 0 Å². The van der Waals surface area contributed by atoms with Crippen LogP contribution in [0, 0.1) is 11.8 Å². The Morgan fingerprint density at radius 1 is 1.30 bits per heavy atom. The van der Waals surface area contributed by atoms with Crippen molar-refractivity contribution in [1.29, 1.82) is 0 Å². The number of hydrogen-bond acceptors (Lipinski definition) is 2. The van der Waals surface area contributed by atoms with Crippen molar-refractivity contribution in [2.45, 2.75) is 25.7 Å². The predicted molar refractivity (Wildman–Crippen MR) is 76.6 cm³/mol. The van der Waals surface area contributed by atoms with Crippen LogP contribution in [0.5, 0.6) is 0 Å². The van der Waals surface area contributed by atoms with Crippen molar-refractivity contribution in [2.75, 3.05) is 6.54 Å². The molecule has 1 aromatic carbocycles. The number of rotatable bonds is 5. The zero-order valence-electron chi connectivity index (χ0n) is 11.1. The van der Waals surface area contributed by atoms with Gasteiger partial charge in [-0.15, -0.1) is 0 Å². The molecular formula is C15H18ClNO3. The zero-order chi connectivity index (χ0) is 14.5. The Morgan fingerprint density at radius 3 is 2.75 bits per heavy atom. The van der Waals surface area contributed by atoms with E-state index in [1.54, 1.807) is 6.07 Å². The lowest BCUT2D eigenvalue weighted by atomic mass is 9.96. The average molecular weight is 296 g/mol. The molecule has 0 radical (unpaired) electrons. The molecule has 0 spiro atoms. The lowest BCUT2D eigenvalue weighted by Gasteiger charge is -2.16. The van der Waals surface area contributed by atoms with Gasteiger partial charge in [-0.3, -0.25) is 9.59 Å². The summed E-state index contributed by atoms with van der Waals surface area (Å²) in [6, 6.07) is 7.23. The van der Waals surface area contributed by atoms with E-state index in [9.17, 15) is 9.59 Å². The number of hydrogen-bond donors (Lipinski definition) is 2.